The van der Waals surface area contributed by atoms with E-state index in [0.717, 1.165) is 16.5 Å². The largest absolute Gasteiger partial charge is 0.480 e. The van der Waals surface area contributed by atoms with Gasteiger partial charge in [-0.3, -0.25) is 14.4 Å². The summed E-state index contributed by atoms with van der Waals surface area (Å²) in [6.45, 7) is 5.00. The monoisotopic (exact) mass is 549 g/mol. The van der Waals surface area contributed by atoms with Crippen molar-refractivity contribution < 1.29 is 29.4 Å². The van der Waals surface area contributed by atoms with Crippen LogP contribution in [0.2, 0.25) is 0 Å². The van der Waals surface area contributed by atoms with Gasteiger partial charge in [-0.25, -0.2) is 4.79 Å². The van der Waals surface area contributed by atoms with Gasteiger partial charge < -0.3 is 36.9 Å². The van der Waals surface area contributed by atoms with Gasteiger partial charge >= 0.3 is 5.97 Å². The molecule has 0 fully saturated rings. The fourth-order valence-corrected chi connectivity index (χ4v) is 4.40. The van der Waals surface area contributed by atoms with Crippen molar-refractivity contribution in [1.29, 1.82) is 0 Å². The quantitative estimate of drug-likeness (QED) is 0.170. The van der Waals surface area contributed by atoms with Crippen LogP contribution in [0.4, 0.5) is 0 Å². The highest BCUT2D eigenvalue weighted by Crippen LogP contribution is 2.20. The molecule has 6 atom stereocenters. The predicted octanol–water partition coefficient (Wildman–Crippen LogP) is 0.757. The first-order valence-corrected chi connectivity index (χ1v) is 14.0. The third-order valence-electron chi connectivity index (χ3n) is 6.57. The summed E-state index contributed by atoms with van der Waals surface area (Å²) < 4.78 is 0. The first kappa shape index (κ1) is 31.1. The molecule has 12 heteroatoms. The summed E-state index contributed by atoms with van der Waals surface area (Å²) in [6, 6.07) is 3.00. The Kier molecular flexibility index (Phi) is 12.1. The molecule has 38 heavy (non-hydrogen) atoms. The van der Waals surface area contributed by atoms with Gasteiger partial charge in [0.05, 0.1) is 6.10 Å². The van der Waals surface area contributed by atoms with E-state index < -0.39 is 54.0 Å². The Hall–Kier alpha value is -3.09. The van der Waals surface area contributed by atoms with Crippen molar-refractivity contribution in [2.75, 3.05) is 12.0 Å². The van der Waals surface area contributed by atoms with E-state index in [-0.39, 0.29) is 18.8 Å². The van der Waals surface area contributed by atoms with E-state index in [1.54, 1.807) is 13.1 Å². The highest BCUT2D eigenvalue weighted by atomic mass is 32.2. The van der Waals surface area contributed by atoms with E-state index in [4.69, 9.17) is 5.73 Å². The molecule has 0 saturated heterocycles. The fourth-order valence-electron chi connectivity index (χ4n) is 3.93. The van der Waals surface area contributed by atoms with Gasteiger partial charge in [0.1, 0.15) is 24.2 Å². The molecule has 1 aromatic heterocycles. The van der Waals surface area contributed by atoms with Crippen LogP contribution < -0.4 is 21.7 Å². The molecule has 2 aromatic rings. The van der Waals surface area contributed by atoms with E-state index in [0.29, 0.717) is 12.2 Å². The minimum atomic E-state index is -1.23. The van der Waals surface area contributed by atoms with Crippen molar-refractivity contribution in [3.8, 4) is 0 Å². The van der Waals surface area contributed by atoms with Crippen LogP contribution in [0.3, 0.4) is 0 Å². The smallest absolute Gasteiger partial charge is 0.326 e. The number of benzene rings is 1. The van der Waals surface area contributed by atoms with Gasteiger partial charge in [0.2, 0.25) is 17.7 Å². The molecular weight excluding hydrogens is 510 g/mol. The normalized spacial score (nSPS) is 16.1. The van der Waals surface area contributed by atoms with E-state index in [1.807, 2.05) is 37.4 Å². The summed E-state index contributed by atoms with van der Waals surface area (Å²) in [5.74, 6) is -2.90. The second-order valence-electron chi connectivity index (χ2n) is 9.44. The highest BCUT2D eigenvalue weighted by molar-refractivity contribution is 7.98. The number of fused-ring (bicyclic) bond motifs is 1. The van der Waals surface area contributed by atoms with E-state index in [2.05, 4.69) is 20.9 Å². The van der Waals surface area contributed by atoms with Gasteiger partial charge in [-0.1, -0.05) is 38.5 Å². The van der Waals surface area contributed by atoms with Crippen LogP contribution in [0.25, 0.3) is 10.9 Å². The van der Waals surface area contributed by atoms with E-state index in [1.165, 1.54) is 18.7 Å². The zero-order valence-electron chi connectivity index (χ0n) is 22.2. The molecule has 1 heterocycles. The van der Waals surface area contributed by atoms with Crippen molar-refractivity contribution in [3.05, 3.63) is 36.0 Å². The number of thioether (sulfide) groups is 1. The second-order valence-corrected chi connectivity index (χ2v) is 10.4. The molecule has 2 rings (SSSR count). The maximum Gasteiger partial charge on any atom is 0.326 e. The van der Waals surface area contributed by atoms with Gasteiger partial charge in [-0.05, 0) is 42.9 Å². The van der Waals surface area contributed by atoms with Gasteiger partial charge in [0, 0.05) is 23.5 Å². The molecule has 6 unspecified atom stereocenters. The molecule has 11 nitrogen and oxygen atoms in total. The average molecular weight is 550 g/mol. The zero-order valence-corrected chi connectivity index (χ0v) is 23.0. The molecule has 1 aromatic carbocycles. The number of H-pyrrole nitrogens is 1. The van der Waals surface area contributed by atoms with Gasteiger partial charge in [-0.2, -0.15) is 11.8 Å². The lowest BCUT2D eigenvalue weighted by molar-refractivity contribution is -0.142. The molecule has 210 valence electrons. The van der Waals surface area contributed by atoms with Crippen LogP contribution >= 0.6 is 11.8 Å². The number of aliphatic hydroxyl groups is 1. The maximum atomic E-state index is 13.4. The number of carbonyl (C=O) groups excluding carboxylic acids is 3. The lowest BCUT2D eigenvalue weighted by Gasteiger charge is -2.28. The van der Waals surface area contributed by atoms with Crippen molar-refractivity contribution in [2.24, 2.45) is 11.7 Å². The Morgan fingerprint density at radius 2 is 1.68 bits per heavy atom. The number of aliphatic hydroxyl groups excluding tert-OH is 1. The molecule has 0 aliphatic carbocycles. The van der Waals surface area contributed by atoms with Crippen LogP contribution in [-0.4, -0.2) is 81.2 Å². The van der Waals surface area contributed by atoms with Crippen molar-refractivity contribution in [2.45, 2.75) is 70.3 Å². The standard InChI is InChI=1S/C26H39N5O6S/c1-5-14(2)22(31-24(34)21(27)15(3)32)25(35)30-20(23(33)29-19(26(36)37)10-11-38-4)12-16-13-28-18-9-7-6-8-17(16)18/h6-9,13-15,19-22,28,32H,5,10-12,27H2,1-4H3,(H,29,33)(H,30,35)(H,31,34)(H,36,37). The van der Waals surface area contributed by atoms with E-state index >= 15 is 0 Å². The van der Waals surface area contributed by atoms with Crippen molar-refractivity contribution >= 4 is 46.4 Å². The number of carboxylic acids is 1. The number of carboxylic acid groups (broad SMARTS) is 1. The Labute approximate surface area is 226 Å². The Balaban J connectivity index is 2.34. The Morgan fingerprint density at radius 1 is 1.03 bits per heavy atom. The van der Waals surface area contributed by atoms with Gasteiger partial charge in [-0.15, -0.1) is 0 Å². The molecular formula is C26H39N5O6S. The molecule has 0 aliphatic rings. The topological polar surface area (TPSA) is 187 Å². The van der Waals surface area contributed by atoms with Crippen molar-refractivity contribution in [1.82, 2.24) is 20.9 Å². The number of hydrogen-bond acceptors (Lipinski definition) is 7. The first-order valence-electron chi connectivity index (χ1n) is 12.6. The van der Waals surface area contributed by atoms with Crippen LogP contribution in [-0.2, 0) is 25.6 Å². The van der Waals surface area contributed by atoms with Gasteiger partial charge in [0.15, 0.2) is 0 Å². The molecule has 0 bridgehead atoms. The summed E-state index contributed by atoms with van der Waals surface area (Å²) in [7, 11) is 0. The van der Waals surface area contributed by atoms with Crippen LogP contribution in [0.15, 0.2) is 30.5 Å². The summed E-state index contributed by atoms with van der Waals surface area (Å²) in [6.07, 6.45) is 3.31. The summed E-state index contributed by atoms with van der Waals surface area (Å²) >= 11 is 1.46. The van der Waals surface area contributed by atoms with Crippen LogP contribution in [0.5, 0.6) is 0 Å². The fraction of sp³-hybridized carbons (Fsp3) is 0.538. The number of amides is 3. The molecule has 3 amide bonds. The molecule has 0 aliphatic heterocycles. The maximum absolute atomic E-state index is 13.4. The van der Waals surface area contributed by atoms with Crippen molar-refractivity contribution in [3.63, 3.8) is 0 Å². The molecule has 0 radical (unpaired) electrons. The van der Waals surface area contributed by atoms with Crippen LogP contribution in [0, 0.1) is 5.92 Å². The molecule has 8 N–H and O–H groups in total. The minimum absolute atomic E-state index is 0.0881. The molecule has 0 saturated carbocycles. The number of rotatable bonds is 15. The summed E-state index contributed by atoms with van der Waals surface area (Å²) in [5, 5.41) is 28.0. The lowest BCUT2D eigenvalue weighted by atomic mass is 9.96. The minimum Gasteiger partial charge on any atom is -0.480 e. The number of carbonyl (C=O) groups is 4. The lowest BCUT2D eigenvalue weighted by Crippen LogP contribution is -2.60. The Bertz CT molecular complexity index is 1110. The first-order chi connectivity index (χ1) is 18.0. The summed E-state index contributed by atoms with van der Waals surface area (Å²) in [4.78, 5) is 54.2. The van der Waals surface area contributed by atoms with Crippen LogP contribution in [0.1, 0.15) is 39.2 Å². The van der Waals surface area contributed by atoms with Gasteiger partial charge in [0.25, 0.3) is 0 Å². The number of nitrogens with one attached hydrogen (secondary N) is 4. The number of aromatic nitrogens is 1. The SMILES string of the molecule is CCC(C)C(NC(=O)C(N)C(C)O)C(=O)NC(Cc1c[nH]c2ccccc12)C(=O)NC(CCSC)C(=O)O. The number of aromatic amines is 1. The zero-order chi connectivity index (χ0) is 28.4. The molecule has 0 spiro atoms. The number of nitrogens with two attached hydrogens (primary N) is 1. The Morgan fingerprint density at radius 3 is 2.29 bits per heavy atom. The third-order valence-corrected chi connectivity index (χ3v) is 7.22. The summed E-state index contributed by atoms with van der Waals surface area (Å²) in [5.41, 5.74) is 7.36. The second kappa shape index (κ2) is 14.7. The highest BCUT2D eigenvalue weighted by Gasteiger charge is 2.33. The predicted molar refractivity (Wildman–Crippen MR) is 148 cm³/mol. The van der Waals surface area contributed by atoms with E-state index in [9.17, 15) is 29.4 Å². The number of hydrogen-bond donors (Lipinski definition) is 7. The third kappa shape index (κ3) is 8.47. The number of para-hydroxylation sites is 1. The average Bonchev–Trinajstić information content (AvgIpc) is 3.30. The number of aliphatic carboxylic acids is 1.